The van der Waals surface area contributed by atoms with Gasteiger partial charge in [0.1, 0.15) is 5.82 Å². The molecule has 3 aromatic carbocycles. The fraction of sp³-hybridized carbons (Fsp3) is 0.292. The zero-order chi connectivity index (χ0) is 22.3. The fourth-order valence-electron chi connectivity index (χ4n) is 3.50. The largest absolute Gasteiger partial charge is 0.357 e. The molecule has 0 unspecified atom stereocenters. The van der Waals surface area contributed by atoms with Crippen molar-refractivity contribution in [1.29, 1.82) is 0 Å². The molecule has 0 heterocycles. The standard InChI is InChI=1S/C24H28FN3O2S/c1-3-26-24(27-14-13-19-9-6-8-18-7-4-5-10-23(18)19)28-16-21-15-22(25)12-11-20(21)17-31(2,29)30/h4-12,15H,3,13-14,16-17H2,1-2H3,(H2,26,27,28). The molecule has 0 fully saturated rings. The van der Waals surface area contributed by atoms with Gasteiger partial charge in [0.05, 0.1) is 12.3 Å². The summed E-state index contributed by atoms with van der Waals surface area (Å²) < 4.78 is 37.1. The number of rotatable bonds is 8. The normalized spacial score (nSPS) is 12.2. The van der Waals surface area contributed by atoms with Crippen molar-refractivity contribution in [2.75, 3.05) is 19.3 Å². The summed E-state index contributed by atoms with van der Waals surface area (Å²) in [6.07, 6.45) is 1.99. The van der Waals surface area contributed by atoms with Gasteiger partial charge in [-0.3, -0.25) is 0 Å². The predicted octanol–water partition coefficient (Wildman–Crippen LogP) is 3.82. The second-order valence-electron chi connectivity index (χ2n) is 7.49. The van der Waals surface area contributed by atoms with E-state index in [0.29, 0.717) is 30.2 Å². The van der Waals surface area contributed by atoms with Crippen LogP contribution < -0.4 is 10.6 Å². The minimum absolute atomic E-state index is 0.136. The maximum Gasteiger partial charge on any atom is 0.191 e. The van der Waals surface area contributed by atoms with Crippen molar-refractivity contribution in [2.24, 2.45) is 4.99 Å². The smallest absolute Gasteiger partial charge is 0.191 e. The highest BCUT2D eigenvalue weighted by molar-refractivity contribution is 7.89. The molecule has 0 aromatic heterocycles. The van der Waals surface area contributed by atoms with Crippen LogP contribution in [0.5, 0.6) is 0 Å². The molecule has 5 nitrogen and oxygen atoms in total. The van der Waals surface area contributed by atoms with Crippen molar-refractivity contribution >= 4 is 26.6 Å². The van der Waals surface area contributed by atoms with Crippen molar-refractivity contribution in [1.82, 2.24) is 10.6 Å². The van der Waals surface area contributed by atoms with Crippen LogP contribution in [0.25, 0.3) is 10.8 Å². The number of benzene rings is 3. The Morgan fingerprint density at radius 1 is 0.968 bits per heavy atom. The lowest BCUT2D eigenvalue weighted by molar-refractivity contribution is 0.600. The van der Waals surface area contributed by atoms with Crippen LogP contribution >= 0.6 is 0 Å². The minimum Gasteiger partial charge on any atom is -0.357 e. The van der Waals surface area contributed by atoms with Crippen LogP contribution in [-0.2, 0) is 28.6 Å². The summed E-state index contributed by atoms with van der Waals surface area (Å²) >= 11 is 0. The second-order valence-corrected chi connectivity index (χ2v) is 9.63. The van der Waals surface area contributed by atoms with Crippen LogP contribution in [0.15, 0.2) is 65.7 Å². The van der Waals surface area contributed by atoms with Gasteiger partial charge in [-0.2, -0.15) is 0 Å². The monoisotopic (exact) mass is 441 g/mol. The average molecular weight is 442 g/mol. The zero-order valence-electron chi connectivity index (χ0n) is 17.9. The van der Waals surface area contributed by atoms with E-state index in [2.05, 4.69) is 46.0 Å². The third-order valence-electron chi connectivity index (χ3n) is 4.90. The number of nitrogens with zero attached hydrogens (tertiary/aromatic N) is 1. The fourth-order valence-corrected chi connectivity index (χ4v) is 4.34. The molecule has 0 aliphatic rings. The summed E-state index contributed by atoms with van der Waals surface area (Å²) in [5.41, 5.74) is 2.39. The Morgan fingerprint density at radius 3 is 2.52 bits per heavy atom. The summed E-state index contributed by atoms with van der Waals surface area (Å²) in [6.45, 7) is 3.52. The Morgan fingerprint density at radius 2 is 1.74 bits per heavy atom. The quantitative estimate of drug-likeness (QED) is 0.412. The molecule has 0 atom stereocenters. The number of hydrogen-bond acceptors (Lipinski definition) is 3. The molecular weight excluding hydrogens is 413 g/mol. The van der Waals surface area contributed by atoms with Gasteiger partial charge < -0.3 is 10.6 Å². The SMILES string of the molecule is CCNC(=NCc1cc(F)ccc1CS(C)(=O)=O)NCCc1cccc2ccccc12. The van der Waals surface area contributed by atoms with Crippen LogP contribution in [0.3, 0.4) is 0 Å². The van der Waals surface area contributed by atoms with Gasteiger partial charge in [-0.15, -0.1) is 0 Å². The number of fused-ring (bicyclic) bond motifs is 1. The number of nitrogens with one attached hydrogen (secondary N) is 2. The molecule has 0 amide bonds. The van der Waals surface area contributed by atoms with Crippen molar-refractivity contribution in [2.45, 2.75) is 25.6 Å². The topological polar surface area (TPSA) is 70.6 Å². The lowest BCUT2D eigenvalue weighted by Crippen LogP contribution is -2.38. The van der Waals surface area contributed by atoms with Gasteiger partial charge in [-0.1, -0.05) is 48.5 Å². The van der Waals surface area contributed by atoms with E-state index in [0.717, 1.165) is 6.42 Å². The molecule has 0 aliphatic carbocycles. The Bertz CT molecular complexity index is 1170. The lowest BCUT2D eigenvalue weighted by atomic mass is 10.0. The van der Waals surface area contributed by atoms with E-state index < -0.39 is 15.7 Å². The summed E-state index contributed by atoms with van der Waals surface area (Å²) in [4.78, 5) is 4.54. The molecule has 0 bridgehead atoms. The average Bonchev–Trinajstić information content (AvgIpc) is 2.73. The number of guanidine groups is 1. The van der Waals surface area contributed by atoms with Crippen molar-refractivity contribution in [3.05, 3.63) is 83.2 Å². The molecule has 2 N–H and O–H groups in total. The molecule has 3 aromatic rings. The zero-order valence-corrected chi connectivity index (χ0v) is 18.7. The minimum atomic E-state index is -3.23. The molecule has 7 heteroatoms. The Balaban J connectivity index is 1.70. The summed E-state index contributed by atoms with van der Waals surface area (Å²) in [7, 11) is -3.23. The van der Waals surface area contributed by atoms with E-state index in [-0.39, 0.29) is 12.3 Å². The Kier molecular flexibility index (Phi) is 7.63. The molecule has 0 saturated carbocycles. The van der Waals surface area contributed by atoms with Gasteiger partial charge in [0, 0.05) is 19.3 Å². The Labute approximate surface area is 183 Å². The molecular formula is C24H28FN3O2S. The first-order valence-electron chi connectivity index (χ1n) is 10.3. The van der Waals surface area contributed by atoms with Crippen LogP contribution in [0, 0.1) is 5.82 Å². The summed E-state index contributed by atoms with van der Waals surface area (Å²) in [6, 6.07) is 18.7. The van der Waals surface area contributed by atoms with Crippen LogP contribution in [0.4, 0.5) is 4.39 Å². The van der Waals surface area contributed by atoms with Crippen LogP contribution in [-0.4, -0.2) is 33.7 Å². The van der Waals surface area contributed by atoms with E-state index in [4.69, 9.17) is 0 Å². The summed E-state index contributed by atoms with van der Waals surface area (Å²) in [5, 5.41) is 8.95. The number of sulfone groups is 1. The van der Waals surface area contributed by atoms with E-state index in [1.807, 2.05) is 19.1 Å². The van der Waals surface area contributed by atoms with Gasteiger partial charge in [-0.25, -0.2) is 17.8 Å². The van der Waals surface area contributed by atoms with Crippen molar-refractivity contribution in [3.8, 4) is 0 Å². The molecule has 0 radical (unpaired) electrons. The van der Waals surface area contributed by atoms with Gasteiger partial charge in [-0.05, 0) is 52.9 Å². The first-order chi connectivity index (χ1) is 14.9. The van der Waals surface area contributed by atoms with E-state index in [9.17, 15) is 12.8 Å². The predicted molar refractivity (Wildman–Crippen MR) is 125 cm³/mol. The first kappa shape index (κ1) is 22.7. The number of halogens is 1. The highest BCUT2D eigenvalue weighted by Gasteiger charge is 2.11. The summed E-state index contributed by atoms with van der Waals surface area (Å²) in [5.74, 6) is 0.0667. The van der Waals surface area contributed by atoms with Gasteiger partial charge in [0.25, 0.3) is 0 Å². The molecule has 31 heavy (non-hydrogen) atoms. The van der Waals surface area contributed by atoms with E-state index in [1.54, 1.807) is 0 Å². The van der Waals surface area contributed by atoms with E-state index >= 15 is 0 Å². The molecule has 0 spiro atoms. The van der Waals surface area contributed by atoms with Gasteiger partial charge in [0.2, 0.25) is 0 Å². The van der Waals surface area contributed by atoms with Crippen molar-refractivity contribution < 1.29 is 12.8 Å². The number of aliphatic imine (C=N–C) groups is 1. The Hall–Kier alpha value is -2.93. The van der Waals surface area contributed by atoms with Crippen molar-refractivity contribution in [3.63, 3.8) is 0 Å². The van der Waals surface area contributed by atoms with Crippen LogP contribution in [0.2, 0.25) is 0 Å². The second kappa shape index (κ2) is 10.4. The third-order valence-corrected chi connectivity index (χ3v) is 5.74. The molecule has 0 saturated heterocycles. The van der Waals surface area contributed by atoms with Gasteiger partial charge in [0.15, 0.2) is 15.8 Å². The number of hydrogen-bond donors (Lipinski definition) is 2. The highest BCUT2D eigenvalue weighted by atomic mass is 32.2. The third kappa shape index (κ3) is 6.79. The van der Waals surface area contributed by atoms with Crippen LogP contribution in [0.1, 0.15) is 23.6 Å². The molecule has 3 rings (SSSR count). The highest BCUT2D eigenvalue weighted by Crippen LogP contribution is 2.19. The van der Waals surface area contributed by atoms with E-state index in [1.165, 1.54) is 40.8 Å². The lowest BCUT2D eigenvalue weighted by Gasteiger charge is -2.13. The first-order valence-corrected chi connectivity index (χ1v) is 12.4. The maximum absolute atomic E-state index is 13.7. The molecule has 0 aliphatic heterocycles. The maximum atomic E-state index is 13.7. The molecule has 164 valence electrons. The van der Waals surface area contributed by atoms with Gasteiger partial charge >= 0.3 is 0 Å².